The molecule has 0 unspecified atom stereocenters. The van der Waals surface area contributed by atoms with Crippen LogP contribution in [0.1, 0.15) is 16.8 Å². The van der Waals surface area contributed by atoms with E-state index in [4.69, 9.17) is 21.1 Å². The van der Waals surface area contributed by atoms with Crippen LogP contribution >= 0.6 is 11.6 Å². The van der Waals surface area contributed by atoms with E-state index in [2.05, 4.69) is 10.3 Å². The van der Waals surface area contributed by atoms with Gasteiger partial charge in [0, 0.05) is 29.4 Å². The predicted molar refractivity (Wildman–Crippen MR) is 84.1 cm³/mol. The first-order valence-electron chi connectivity index (χ1n) is 6.70. The summed E-state index contributed by atoms with van der Waals surface area (Å²) in [7, 11) is 3.48. The molecular formula is C16H19ClN2O2. The number of nitrogens with one attached hydrogen (secondary N) is 1. The Labute approximate surface area is 130 Å². The molecule has 2 rings (SSSR count). The molecule has 21 heavy (non-hydrogen) atoms. The molecule has 112 valence electrons. The monoisotopic (exact) mass is 306 g/mol. The zero-order chi connectivity index (χ0) is 15.2. The standard InChI is InChI=1S/C16H19ClN2O2/c1-11-5-4-6-19-14(11)10-21-16-12(9-18-2)7-13(17)8-15(16)20-3/h4-8,18H,9-10H2,1-3H3. The Balaban J connectivity index is 2.27. The van der Waals surface area contributed by atoms with Gasteiger partial charge in [0.05, 0.1) is 12.8 Å². The number of methoxy groups -OCH3 is 1. The maximum absolute atomic E-state index is 6.10. The lowest BCUT2D eigenvalue weighted by Gasteiger charge is -2.16. The molecule has 2 aromatic rings. The van der Waals surface area contributed by atoms with Gasteiger partial charge in [-0.05, 0) is 31.7 Å². The highest BCUT2D eigenvalue weighted by molar-refractivity contribution is 6.30. The van der Waals surface area contributed by atoms with E-state index in [1.165, 1.54) is 0 Å². The number of ether oxygens (including phenoxy) is 2. The van der Waals surface area contributed by atoms with E-state index in [1.807, 2.05) is 32.2 Å². The number of halogens is 1. The van der Waals surface area contributed by atoms with Crippen LogP contribution in [0, 0.1) is 6.92 Å². The molecule has 0 fully saturated rings. The van der Waals surface area contributed by atoms with Gasteiger partial charge in [0.25, 0.3) is 0 Å². The summed E-state index contributed by atoms with van der Waals surface area (Å²) in [5, 5.41) is 3.73. The lowest BCUT2D eigenvalue weighted by molar-refractivity contribution is 0.276. The molecule has 5 heteroatoms. The molecule has 0 aliphatic carbocycles. The number of aromatic nitrogens is 1. The van der Waals surface area contributed by atoms with E-state index in [1.54, 1.807) is 19.4 Å². The van der Waals surface area contributed by atoms with Gasteiger partial charge in [-0.3, -0.25) is 4.98 Å². The molecular weight excluding hydrogens is 288 g/mol. The maximum Gasteiger partial charge on any atom is 0.166 e. The number of pyridine rings is 1. The van der Waals surface area contributed by atoms with E-state index in [-0.39, 0.29) is 0 Å². The molecule has 0 spiro atoms. The van der Waals surface area contributed by atoms with Crippen LogP contribution in [0.3, 0.4) is 0 Å². The van der Waals surface area contributed by atoms with Crippen LogP contribution in [0.25, 0.3) is 0 Å². The van der Waals surface area contributed by atoms with Crippen molar-refractivity contribution in [1.29, 1.82) is 0 Å². The van der Waals surface area contributed by atoms with E-state index in [0.29, 0.717) is 29.7 Å². The summed E-state index contributed by atoms with van der Waals surface area (Å²) in [4.78, 5) is 4.33. The Morgan fingerprint density at radius 2 is 2.14 bits per heavy atom. The van der Waals surface area contributed by atoms with Gasteiger partial charge in [-0.25, -0.2) is 0 Å². The quantitative estimate of drug-likeness (QED) is 0.889. The zero-order valence-electron chi connectivity index (χ0n) is 12.4. The highest BCUT2D eigenvalue weighted by Gasteiger charge is 2.13. The van der Waals surface area contributed by atoms with Gasteiger partial charge in [-0.2, -0.15) is 0 Å². The Hall–Kier alpha value is -1.78. The molecule has 1 aromatic carbocycles. The first-order valence-corrected chi connectivity index (χ1v) is 7.07. The normalized spacial score (nSPS) is 10.5. The van der Waals surface area contributed by atoms with Gasteiger partial charge in [-0.1, -0.05) is 17.7 Å². The van der Waals surface area contributed by atoms with E-state index < -0.39 is 0 Å². The second-order valence-corrected chi connectivity index (χ2v) is 5.12. The SMILES string of the molecule is CNCc1cc(Cl)cc(OC)c1OCc1ncccc1C. The number of hydrogen-bond acceptors (Lipinski definition) is 4. The molecule has 0 aliphatic heterocycles. The second kappa shape index (κ2) is 7.29. The molecule has 0 radical (unpaired) electrons. The molecule has 0 aliphatic rings. The van der Waals surface area contributed by atoms with Crippen molar-refractivity contribution in [1.82, 2.24) is 10.3 Å². The molecule has 1 N–H and O–H groups in total. The topological polar surface area (TPSA) is 43.4 Å². The average molecular weight is 307 g/mol. The van der Waals surface area contributed by atoms with E-state index in [9.17, 15) is 0 Å². The fraction of sp³-hybridized carbons (Fsp3) is 0.312. The lowest BCUT2D eigenvalue weighted by Crippen LogP contribution is -2.09. The third-order valence-electron chi connectivity index (χ3n) is 3.15. The van der Waals surface area contributed by atoms with Crippen LogP contribution < -0.4 is 14.8 Å². The van der Waals surface area contributed by atoms with E-state index >= 15 is 0 Å². The third kappa shape index (κ3) is 3.86. The summed E-state index contributed by atoms with van der Waals surface area (Å²) < 4.78 is 11.3. The van der Waals surface area contributed by atoms with Gasteiger partial charge in [0.15, 0.2) is 11.5 Å². The summed E-state index contributed by atoms with van der Waals surface area (Å²) in [6.07, 6.45) is 1.76. The third-order valence-corrected chi connectivity index (χ3v) is 3.37. The van der Waals surface area contributed by atoms with Gasteiger partial charge in [0.2, 0.25) is 0 Å². The Morgan fingerprint density at radius 3 is 2.81 bits per heavy atom. The van der Waals surface area contributed by atoms with Crippen molar-refractivity contribution in [2.24, 2.45) is 0 Å². The second-order valence-electron chi connectivity index (χ2n) is 4.68. The molecule has 0 amide bonds. The Bertz CT molecular complexity index is 617. The summed E-state index contributed by atoms with van der Waals surface area (Å²) in [6.45, 7) is 3.05. The summed E-state index contributed by atoms with van der Waals surface area (Å²) in [6, 6.07) is 7.55. The van der Waals surface area contributed by atoms with Crippen LogP contribution in [0.4, 0.5) is 0 Å². The fourth-order valence-electron chi connectivity index (χ4n) is 2.07. The van der Waals surface area contributed by atoms with Gasteiger partial charge < -0.3 is 14.8 Å². The van der Waals surface area contributed by atoms with Crippen LogP contribution in [-0.2, 0) is 13.2 Å². The summed E-state index contributed by atoms with van der Waals surface area (Å²) in [5.41, 5.74) is 2.96. The predicted octanol–water partition coefficient (Wildman–Crippen LogP) is 3.35. The van der Waals surface area contributed by atoms with Crippen molar-refractivity contribution in [2.75, 3.05) is 14.2 Å². The number of rotatable bonds is 6. The Kier molecular flexibility index (Phi) is 5.42. The zero-order valence-corrected chi connectivity index (χ0v) is 13.2. The molecule has 1 heterocycles. The largest absolute Gasteiger partial charge is 0.493 e. The minimum atomic E-state index is 0.390. The molecule has 0 saturated carbocycles. The smallest absolute Gasteiger partial charge is 0.166 e. The molecule has 4 nitrogen and oxygen atoms in total. The van der Waals surface area contributed by atoms with Crippen molar-refractivity contribution in [2.45, 2.75) is 20.1 Å². The molecule has 1 aromatic heterocycles. The maximum atomic E-state index is 6.10. The van der Waals surface area contributed by atoms with Crippen LogP contribution in [0.15, 0.2) is 30.5 Å². The highest BCUT2D eigenvalue weighted by atomic mass is 35.5. The van der Waals surface area contributed by atoms with Crippen molar-refractivity contribution < 1.29 is 9.47 Å². The fourth-order valence-corrected chi connectivity index (χ4v) is 2.30. The molecule has 0 bridgehead atoms. The first-order chi connectivity index (χ1) is 10.2. The van der Waals surface area contributed by atoms with Crippen molar-refractivity contribution in [3.63, 3.8) is 0 Å². The van der Waals surface area contributed by atoms with Crippen LogP contribution in [0.2, 0.25) is 5.02 Å². The first kappa shape index (κ1) is 15.6. The number of hydrogen-bond donors (Lipinski definition) is 1. The highest BCUT2D eigenvalue weighted by Crippen LogP contribution is 2.35. The number of aryl methyl sites for hydroxylation is 1. The summed E-state index contributed by atoms with van der Waals surface area (Å²) >= 11 is 6.10. The van der Waals surface area contributed by atoms with Crippen molar-refractivity contribution >= 4 is 11.6 Å². The van der Waals surface area contributed by atoms with Crippen molar-refractivity contribution in [3.8, 4) is 11.5 Å². The average Bonchev–Trinajstić information content (AvgIpc) is 2.47. The van der Waals surface area contributed by atoms with Crippen molar-refractivity contribution in [3.05, 3.63) is 52.3 Å². The Morgan fingerprint density at radius 1 is 1.33 bits per heavy atom. The number of nitrogens with zero attached hydrogens (tertiary/aromatic N) is 1. The van der Waals surface area contributed by atoms with Crippen LogP contribution in [-0.4, -0.2) is 19.1 Å². The number of benzene rings is 1. The minimum Gasteiger partial charge on any atom is -0.493 e. The minimum absolute atomic E-state index is 0.390. The van der Waals surface area contributed by atoms with Gasteiger partial charge in [0.1, 0.15) is 6.61 Å². The molecule has 0 atom stereocenters. The molecule has 0 saturated heterocycles. The van der Waals surface area contributed by atoms with Gasteiger partial charge in [-0.15, -0.1) is 0 Å². The van der Waals surface area contributed by atoms with Gasteiger partial charge >= 0.3 is 0 Å². The van der Waals surface area contributed by atoms with E-state index in [0.717, 1.165) is 16.8 Å². The summed E-state index contributed by atoms with van der Waals surface area (Å²) in [5.74, 6) is 1.32. The lowest BCUT2D eigenvalue weighted by atomic mass is 10.1. The van der Waals surface area contributed by atoms with Crippen LogP contribution in [0.5, 0.6) is 11.5 Å².